The van der Waals surface area contributed by atoms with E-state index in [1.165, 1.54) is 0 Å². The highest BCUT2D eigenvalue weighted by atomic mass is 32.2. The number of nitrogens with one attached hydrogen (secondary N) is 1. The molecule has 20 heavy (non-hydrogen) atoms. The minimum Gasteiger partial charge on any atom is -0.379 e. The van der Waals surface area contributed by atoms with Crippen molar-refractivity contribution in [3.05, 3.63) is 17.0 Å². The van der Waals surface area contributed by atoms with Crippen molar-refractivity contribution in [3.8, 4) is 0 Å². The summed E-state index contributed by atoms with van der Waals surface area (Å²) in [5.41, 5.74) is 2.08. The summed E-state index contributed by atoms with van der Waals surface area (Å²) >= 11 is 1.62. The summed E-state index contributed by atoms with van der Waals surface area (Å²) in [6.07, 6.45) is 2.27. The van der Waals surface area contributed by atoms with Crippen molar-refractivity contribution in [3.63, 3.8) is 0 Å². The Morgan fingerprint density at radius 3 is 2.80 bits per heavy atom. The Labute approximate surface area is 124 Å². The van der Waals surface area contributed by atoms with Crippen molar-refractivity contribution in [1.29, 1.82) is 0 Å². The van der Waals surface area contributed by atoms with Crippen LogP contribution in [-0.2, 0) is 31.2 Å². The van der Waals surface area contributed by atoms with Gasteiger partial charge in [-0.1, -0.05) is 13.8 Å². The van der Waals surface area contributed by atoms with Gasteiger partial charge in [0.1, 0.15) is 0 Å². The van der Waals surface area contributed by atoms with Crippen molar-refractivity contribution in [2.45, 2.75) is 45.3 Å². The van der Waals surface area contributed by atoms with E-state index in [1.54, 1.807) is 11.8 Å². The van der Waals surface area contributed by atoms with Gasteiger partial charge in [-0.15, -0.1) is 0 Å². The Bertz CT molecular complexity index is 493. The van der Waals surface area contributed by atoms with Crippen LogP contribution in [0.5, 0.6) is 0 Å². The first-order valence-corrected chi connectivity index (χ1v) is 8.29. The van der Waals surface area contributed by atoms with Crippen LogP contribution in [-0.4, -0.2) is 37.9 Å². The first-order chi connectivity index (χ1) is 9.51. The van der Waals surface area contributed by atoms with E-state index in [-0.39, 0.29) is 5.91 Å². The molecule has 5 nitrogen and oxygen atoms in total. The first-order valence-electron chi connectivity index (χ1n) is 7.14. The molecule has 1 aliphatic heterocycles. The molecule has 1 aliphatic rings. The smallest absolute Gasteiger partial charge is 0.253 e. The lowest BCUT2D eigenvalue weighted by molar-refractivity contribution is -0.137. The second-order valence-electron chi connectivity index (χ2n) is 5.22. The van der Waals surface area contributed by atoms with E-state index >= 15 is 0 Å². The van der Waals surface area contributed by atoms with Gasteiger partial charge in [0.05, 0.1) is 5.69 Å². The second kappa shape index (κ2) is 6.18. The monoisotopic (exact) mass is 297 g/mol. The fourth-order valence-corrected chi connectivity index (χ4v) is 3.90. The molecule has 0 aliphatic carbocycles. The Morgan fingerprint density at radius 2 is 2.25 bits per heavy atom. The highest BCUT2D eigenvalue weighted by Crippen LogP contribution is 2.28. The highest BCUT2D eigenvalue weighted by Gasteiger charge is 2.39. The van der Waals surface area contributed by atoms with E-state index in [4.69, 9.17) is 0 Å². The van der Waals surface area contributed by atoms with Gasteiger partial charge >= 0.3 is 0 Å². The zero-order chi connectivity index (χ0) is 14.8. The molecule has 1 atom stereocenters. The number of aryl methyl sites for hydroxylation is 2. The molecule has 0 bridgehead atoms. The van der Waals surface area contributed by atoms with Gasteiger partial charge in [-0.3, -0.25) is 9.48 Å². The van der Waals surface area contributed by atoms with E-state index in [2.05, 4.69) is 24.3 Å². The lowest BCUT2D eigenvalue weighted by Crippen LogP contribution is -2.46. The number of aromatic nitrogens is 2. The molecular weight excluding hydrogens is 274 g/mol. The number of thioether (sulfide) groups is 1. The Morgan fingerprint density at radius 1 is 1.50 bits per heavy atom. The summed E-state index contributed by atoms with van der Waals surface area (Å²) in [6, 6.07) is 0. The summed E-state index contributed by atoms with van der Waals surface area (Å²) in [5.74, 6) is 1.08. The number of carbonyl (C=O) groups excluding carboxylic acids is 1. The Hall–Kier alpha value is -1.01. The fourth-order valence-electron chi connectivity index (χ4n) is 2.66. The molecule has 2 heterocycles. The number of hydrogen-bond donors (Lipinski definition) is 2. The number of hydrogen-bond acceptors (Lipinski definition) is 4. The Kier molecular flexibility index (Phi) is 4.75. The predicted molar refractivity (Wildman–Crippen MR) is 80.7 cm³/mol. The van der Waals surface area contributed by atoms with E-state index < -0.39 is 5.60 Å². The summed E-state index contributed by atoms with van der Waals surface area (Å²) < 4.78 is 1.89. The van der Waals surface area contributed by atoms with Gasteiger partial charge in [-0.2, -0.15) is 16.9 Å². The van der Waals surface area contributed by atoms with E-state index in [9.17, 15) is 9.90 Å². The minimum atomic E-state index is -1.19. The van der Waals surface area contributed by atoms with Gasteiger partial charge < -0.3 is 10.4 Å². The predicted octanol–water partition coefficient (Wildman–Crippen LogP) is 1.03. The first kappa shape index (κ1) is 15.4. The summed E-state index contributed by atoms with van der Waals surface area (Å²) in [6.45, 7) is 4.60. The third-order valence-electron chi connectivity index (χ3n) is 3.88. The standard InChI is InChI=1S/C14H23N3O2S/c1-4-11-10(12(5-2)17(3)16-11)8-15-13(18)14(19)6-7-20-9-14/h19H,4-9H2,1-3H3,(H,15,18). The molecule has 2 rings (SSSR count). The van der Waals surface area contributed by atoms with Gasteiger partial charge in [0.25, 0.3) is 5.91 Å². The Balaban J connectivity index is 2.09. The van der Waals surface area contributed by atoms with Crippen LogP contribution in [0.2, 0.25) is 0 Å². The number of aliphatic hydroxyl groups is 1. The van der Waals surface area contributed by atoms with Crippen molar-refractivity contribution in [1.82, 2.24) is 15.1 Å². The van der Waals surface area contributed by atoms with Gasteiger partial charge in [0, 0.05) is 30.6 Å². The van der Waals surface area contributed by atoms with Gasteiger partial charge in [0.15, 0.2) is 5.60 Å². The number of carbonyl (C=O) groups is 1. The topological polar surface area (TPSA) is 67.2 Å². The fraction of sp³-hybridized carbons (Fsp3) is 0.714. The second-order valence-corrected chi connectivity index (χ2v) is 6.32. The maximum Gasteiger partial charge on any atom is 0.253 e. The van der Waals surface area contributed by atoms with Crippen LogP contribution >= 0.6 is 11.8 Å². The van der Waals surface area contributed by atoms with E-state index in [0.717, 1.165) is 35.5 Å². The quantitative estimate of drug-likeness (QED) is 0.852. The van der Waals surface area contributed by atoms with Crippen molar-refractivity contribution in [2.24, 2.45) is 7.05 Å². The zero-order valence-electron chi connectivity index (χ0n) is 12.4. The van der Waals surface area contributed by atoms with E-state index in [0.29, 0.717) is 18.7 Å². The van der Waals surface area contributed by atoms with Crippen molar-refractivity contribution < 1.29 is 9.90 Å². The molecule has 0 spiro atoms. The molecular formula is C14H23N3O2S. The highest BCUT2D eigenvalue weighted by molar-refractivity contribution is 7.99. The average molecular weight is 297 g/mol. The van der Waals surface area contributed by atoms with Crippen LogP contribution in [0.25, 0.3) is 0 Å². The van der Waals surface area contributed by atoms with Gasteiger partial charge in [0.2, 0.25) is 0 Å². The third-order valence-corrected chi connectivity index (χ3v) is 5.05. The van der Waals surface area contributed by atoms with Crippen LogP contribution in [0.1, 0.15) is 37.2 Å². The summed E-state index contributed by atoms with van der Waals surface area (Å²) in [4.78, 5) is 12.1. The maximum absolute atomic E-state index is 12.1. The third kappa shape index (κ3) is 2.86. The molecule has 0 saturated carbocycles. The molecule has 1 amide bonds. The SMILES string of the molecule is CCc1nn(C)c(CC)c1CNC(=O)C1(O)CCSC1. The molecule has 1 aromatic heterocycles. The number of nitrogens with zero attached hydrogens (tertiary/aromatic N) is 2. The molecule has 6 heteroatoms. The van der Waals surface area contributed by atoms with Gasteiger partial charge in [-0.25, -0.2) is 0 Å². The molecule has 1 aromatic rings. The lowest BCUT2D eigenvalue weighted by atomic mass is 10.0. The molecule has 0 aromatic carbocycles. The molecule has 0 radical (unpaired) electrons. The summed E-state index contributed by atoms with van der Waals surface area (Å²) in [5, 5.41) is 17.6. The normalized spacial score (nSPS) is 22.2. The van der Waals surface area contributed by atoms with Crippen LogP contribution in [0.4, 0.5) is 0 Å². The number of amides is 1. The summed E-state index contributed by atoms with van der Waals surface area (Å²) in [7, 11) is 1.93. The van der Waals surface area contributed by atoms with Crippen LogP contribution < -0.4 is 5.32 Å². The van der Waals surface area contributed by atoms with Crippen molar-refractivity contribution in [2.75, 3.05) is 11.5 Å². The average Bonchev–Trinajstić information content (AvgIpc) is 3.00. The van der Waals surface area contributed by atoms with Crippen LogP contribution in [0.3, 0.4) is 0 Å². The lowest BCUT2D eigenvalue weighted by Gasteiger charge is -2.20. The molecule has 1 fully saturated rings. The minimum absolute atomic E-state index is 0.254. The van der Waals surface area contributed by atoms with Crippen LogP contribution in [0, 0.1) is 0 Å². The zero-order valence-corrected chi connectivity index (χ0v) is 13.2. The molecule has 2 N–H and O–H groups in total. The molecule has 1 saturated heterocycles. The molecule has 1 unspecified atom stereocenters. The van der Waals surface area contributed by atoms with Crippen molar-refractivity contribution >= 4 is 17.7 Å². The number of rotatable bonds is 5. The largest absolute Gasteiger partial charge is 0.379 e. The van der Waals surface area contributed by atoms with E-state index in [1.807, 2.05) is 11.7 Å². The van der Waals surface area contributed by atoms with Crippen LogP contribution in [0.15, 0.2) is 0 Å². The van der Waals surface area contributed by atoms with Gasteiger partial charge in [-0.05, 0) is 25.0 Å². The maximum atomic E-state index is 12.1. The molecule has 112 valence electrons.